The van der Waals surface area contributed by atoms with E-state index >= 15 is 0 Å². The van der Waals surface area contributed by atoms with Crippen molar-refractivity contribution in [2.24, 2.45) is 5.41 Å². The van der Waals surface area contributed by atoms with Crippen LogP contribution in [0.15, 0.2) is 0 Å². The number of carbonyl (C=O) groups is 1. The molecule has 0 saturated carbocycles. The summed E-state index contributed by atoms with van der Waals surface area (Å²) in [6.07, 6.45) is 0.570. The molecule has 0 aliphatic heterocycles. The zero-order chi connectivity index (χ0) is 9.07. The third kappa shape index (κ3) is 4.02. The molecule has 2 heteroatoms. The number of carbonyl (C=O) groups excluding carboxylic acids is 1. The number of nitrogens with one attached hydrogen (secondary N) is 1. The maximum absolute atomic E-state index is 11.0. The number of rotatable bonds is 2. The third-order valence-electron chi connectivity index (χ3n) is 2.00. The SMILES string of the molecule is CCC(=O)N[C@H](C)C(C)(C)C. The first kappa shape index (κ1) is 10.5. The predicted molar refractivity (Wildman–Crippen MR) is 47.4 cm³/mol. The Labute approximate surface area is 69.4 Å². The van der Waals surface area contributed by atoms with Gasteiger partial charge < -0.3 is 5.32 Å². The molecule has 0 radical (unpaired) electrons. The van der Waals surface area contributed by atoms with Gasteiger partial charge in [-0.3, -0.25) is 4.79 Å². The van der Waals surface area contributed by atoms with E-state index in [0.29, 0.717) is 6.42 Å². The third-order valence-corrected chi connectivity index (χ3v) is 2.00. The van der Waals surface area contributed by atoms with Crippen LogP contribution in [0.3, 0.4) is 0 Å². The van der Waals surface area contributed by atoms with Crippen molar-refractivity contribution in [3.63, 3.8) is 0 Å². The Morgan fingerprint density at radius 2 is 1.91 bits per heavy atom. The Morgan fingerprint density at radius 1 is 1.45 bits per heavy atom. The lowest BCUT2D eigenvalue weighted by molar-refractivity contribution is -0.122. The van der Waals surface area contributed by atoms with Crippen LogP contribution in [0, 0.1) is 5.41 Å². The number of hydrogen-bond donors (Lipinski definition) is 1. The Kier molecular flexibility index (Phi) is 3.56. The summed E-state index contributed by atoms with van der Waals surface area (Å²) in [4.78, 5) is 11.0. The van der Waals surface area contributed by atoms with Gasteiger partial charge in [0.1, 0.15) is 0 Å². The van der Waals surface area contributed by atoms with Crippen LogP contribution < -0.4 is 5.32 Å². The highest BCUT2D eigenvalue weighted by atomic mass is 16.1. The quantitative estimate of drug-likeness (QED) is 0.652. The summed E-state index contributed by atoms with van der Waals surface area (Å²) >= 11 is 0. The summed E-state index contributed by atoms with van der Waals surface area (Å²) in [7, 11) is 0. The van der Waals surface area contributed by atoms with Gasteiger partial charge in [0.25, 0.3) is 0 Å². The minimum absolute atomic E-state index is 0.132. The van der Waals surface area contributed by atoms with Crippen LogP contribution in [-0.2, 0) is 4.79 Å². The fraction of sp³-hybridized carbons (Fsp3) is 0.889. The summed E-state index contributed by atoms with van der Waals surface area (Å²) in [6, 6.07) is 0.245. The van der Waals surface area contributed by atoms with Crippen LogP contribution in [0.5, 0.6) is 0 Å². The van der Waals surface area contributed by atoms with E-state index in [9.17, 15) is 4.79 Å². The van der Waals surface area contributed by atoms with E-state index in [1.54, 1.807) is 0 Å². The molecule has 0 aromatic heterocycles. The molecule has 0 fully saturated rings. The highest BCUT2D eigenvalue weighted by molar-refractivity contribution is 5.75. The molecule has 0 unspecified atom stereocenters. The summed E-state index contributed by atoms with van der Waals surface area (Å²) in [5.74, 6) is 0.132. The molecule has 0 heterocycles. The van der Waals surface area contributed by atoms with E-state index in [1.165, 1.54) is 0 Å². The first-order chi connectivity index (χ1) is 4.88. The van der Waals surface area contributed by atoms with Crippen molar-refractivity contribution in [3.05, 3.63) is 0 Å². The minimum atomic E-state index is 0.132. The largest absolute Gasteiger partial charge is 0.353 e. The van der Waals surface area contributed by atoms with Crippen molar-refractivity contribution in [1.82, 2.24) is 5.32 Å². The highest BCUT2D eigenvalue weighted by Gasteiger charge is 2.20. The van der Waals surface area contributed by atoms with Gasteiger partial charge in [0.2, 0.25) is 5.91 Å². The monoisotopic (exact) mass is 157 g/mol. The van der Waals surface area contributed by atoms with E-state index in [4.69, 9.17) is 0 Å². The van der Waals surface area contributed by atoms with Crippen LogP contribution in [0.2, 0.25) is 0 Å². The van der Waals surface area contributed by atoms with E-state index in [0.717, 1.165) is 0 Å². The van der Waals surface area contributed by atoms with Gasteiger partial charge in [-0.05, 0) is 12.3 Å². The Bertz CT molecular complexity index is 135. The zero-order valence-corrected chi connectivity index (χ0v) is 8.19. The molecule has 0 aliphatic carbocycles. The van der Waals surface area contributed by atoms with Crippen LogP contribution >= 0.6 is 0 Å². The minimum Gasteiger partial charge on any atom is -0.353 e. The van der Waals surface area contributed by atoms with Gasteiger partial charge in [-0.1, -0.05) is 27.7 Å². The van der Waals surface area contributed by atoms with Gasteiger partial charge in [-0.15, -0.1) is 0 Å². The van der Waals surface area contributed by atoms with E-state index in [2.05, 4.69) is 26.1 Å². The zero-order valence-electron chi connectivity index (χ0n) is 8.19. The molecule has 2 nitrogen and oxygen atoms in total. The Morgan fingerprint density at radius 3 is 2.18 bits per heavy atom. The van der Waals surface area contributed by atoms with Crippen LogP contribution in [-0.4, -0.2) is 11.9 Å². The first-order valence-corrected chi connectivity index (χ1v) is 4.17. The lowest BCUT2D eigenvalue weighted by Gasteiger charge is -2.27. The lowest BCUT2D eigenvalue weighted by Crippen LogP contribution is -2.41. The van der Waals surface area contributed by atoms with E-state index in [1.807, 2.05) is 13.8 Å². The molecule has 1 amide bonds. The molecule has 0 spiro atoms. The molecule has 0 bridgehead atoms. The standard InChI is InChI=1S/C9H19NO/c1-6-8(11)10-7(2)9(3,4)5/h7H,6H2,1-5H3,(H,10,11)/t7-/m1/s1. The van der Waals surface area contributed by atoms with Crippen molar-refractivity contribution < 1.29 is 4.79 Å². The van der Waals surface area contributed by atoms with Gasteiger partial charge in [-0.2, -0.15) is 0 Å². The topological polar surface area (TPSA) is 29.1 Å². The molecule has 1 N–H and O–H groups in total. The summed E-state index contributed by atoms with van der Waals surface area (Å²) in [5.41, 5.74) is 0.158. The first-order valence-electron chi connectivity index (χ1n) is 4.17. The average molecular weight is 157 g/mol. The van der Waals surface area contributed by atoms with Gasteiger partial charge in [0, 0.05) is 12.5 Å². The molecule has 0 aromatic carbocycles. The fourth-order valence-corrected chi connectivity index (χ4v) is 0.560. The predicted octanol–water partition coefficient (Wildman–Crippen LogP) is 1.95. The van der Waals surface area contributed by atoms with Crippen molar-refractivity contribution >= 4 is 5.91 Å². The molecule has 0 aromatic rings. The smallest absolute Gasteiger partial charge is 0.219 e. The van der Waals surface area contributed by atoms with E-state index in [-0.39, 0.29) is 17.4 Å². The van der Waals surface area contributed by atoms with Crippen molar-refractivity contribution in [2.45, 2.75) is 47.1 Å². The molecule has 0 aliphatic rings. The van der Waals surface area contributed by atoms with Gasteiger partial charge >= 0.3 is 0 Å². The maximum Gasteiger partial charge on any atom is 0.219 e. The van der Waals surface area contributed by atoms with Gasteiger partial charge in [0.15, 0.2) is 0 Å². The molecule has 0 saturated heterocycles. The normalized spacial score (nSPS) is 14.3. The van der Waals surface area contributed by atoms with Crippen LogP contribution in [0.1, 0.15) is 41.0 Å². The molecule has 0 rings (SSSR count). The summed E-state index contributed by atoms with van der Waals surface area (Å²) in [6.45, 7) is 10.3. The average Bonchev–Trinajstić information content (AvgIpc) is 1.85. The second kappa shape index (κ2) is 3.74. The number of hydrogen-bond acceptors (Lipinski definition) is 1. The molecular weight excluding hydrogens is 138 g/mol. The Balaban J connectivity index is 3.87. The van der Waals surface area contributed by atoms with Crippen molar-refractivity contribution in [1.29, 1.82) is 0 Å². The van der Waals surface area contributed by atoms with Crippen molar-refractivity contribution in [3.8, 4) is 0 Å². The van der Waals surface area contributed by atoms with Crippen molar-refractivity contribution in [2.75, 3.05) is 0 Å². The summed E-state index contributed by atoms with van der Waals surface area (Å²) in [5, 5.41) is 2.93. The summed E-state index contributed by atoms with van der Waals surface area (Å²) < 4.78 is 0. The van der Waals surface area contributed by atoms with Gasteiger partial charge in [0.05, 0.1) is 0 Å². The molecular formula is C9H19NO. The van der Waals surface area contributed by atoms with Crippen LogP contribution in [0.25, 0.3) is 0 Å². The second-order valence-electron chi connectivity index (χ2n) is 4.01. The molecule has 1 atom stereocenters. The van der Waals surface area contributed by atoms with Crippen LogP contribution in [0.4, 0.5) is 0 Å². The fourth-order valence-electron chi connectivity index (χ4n) is 0.560. The number of amides is 1. The lowest BCUT2D eigenvalue weighted by atomic mass is 9.88. The highest BCUT2D eigenvalue weighted by Crippen LogP contribution is 2.18. The molecule has 11 heavy (non-hydrogen) atoms. The Hall–Kier alpha value is -0.530. The van der Waals surface area contributed by atoms with Gasteiger partial charge in [-0.25, -0.2) is 0 Å². The van der Waals surface area contributed by atoms with E-state index < -0.39 is 0 Å². The second-order valence-corrected chi connectivity index (χ2v) is 4.01. The molecule has 66 valence electrons. The maximum atomic E-state index is 11.0.